The predicted octanol–water partition coefficient (Wildman–Crippen LogP) is 21.6. The Hall–Kier alpha value is -4.19. The zero-order valence-electron chi connectivity index (χ0n) is 49.5. The number of rotatable bonds is 56. The molecule has 0 spiro atoms. The van der Waals surface area contributed by atoms with Crippen molar-refractivity contribution in [2.75, 3.05) is 13.2 Å². The summed E-state index contributed by atoms with van der Waals surface area (Å²) in [5.41, 5.74) is 0. The molecule has 0 aliphatic carbocycles. The third-order valence-corrected chi connectivity index (χ3v) is 13.2. The van der Waals surface area contributed by atoms with Crippen LogP contribution >= 0.6 is 0 Å². The highest BCUT2D eigenvalue weighted by Crippen LogP contribution is 2.15. The SMILES string of the molecule is CC/C=C\C/C=C\C/C=C\C/C=C\C/C=C\C/C=C\C/C=C\C/C=C\CCCCCCCCCCC(=O)OCC(COC(=O)CCCCCCC/C=C\CCCCC)OC(=O)CCCCCCC/C=C\CCCCCC. The van der Waals surface area contributed by atoms with Crippen LogP contribution in [-0.2, 0) is 28.6 Å². The molecule has 432 valence electrons. The van der Waals surface area contributed by atoms with E-state index in [4.69, 9.17) is 14.2 Å². The highest BCUT2D eigenvalue weighted by Gasteiger charge is 2.19. The summed E-state index contributed by atoms with van der Waals surface area (Å²) < 4.78 is 16.8. The van der Waals surface area contributed by atoms with Crippen molar-refractivity contribution in [2.24, 2.45) is 0 Å². The molecule has 0 radical (unpaired) electrons. The summed E-state index contributed by atoms with van der Waals surface area (Å²) in [4.78, 5) is 38.2. The van der Waals surface area contributed by atoms with Gasteiger partial charge in [-0.3, -0.25) is 14.4 Å². The number of ether oxygens (including phenoxy) is 3. The molecule has 0 aliphatic rings. The van der Waals surface area contributed by atoms with Gasteiger partial charge in [-0.05, 0) is 135 Å². The van der Waals surface area contributed by atoms with Crippen molar-refractivity contribution in [3.8, 4) is 0 Å². The van der Waals surface area contributed by atoms with Gasteiger partial charge in [-0.1, -0.05) is 251 Å². The Balaban J connectivity index is 4.23. The third kappa shape index (κ3) is 60.7. The summed E-state index contributed by atoms with van der Waals surface area (Å²) >= 11 is 0. The molecular weight excluding hydrogens is 937 g/mol. The summed E-state index contributed by atoms with van der Waals surface area (Å²) in [5, 5.41) is 0. The number of hydrogen-bond donors (Lipinski definition) is 0. The zero-order chi connectivity index (χ0) is 55.0. The lowest BCUT2D eigenvalue weighted by molar-refractivity contribution is -0.167. The molecule has 0 N–H and O–H groups in total. The van der Waals surface area contributed by atoms with Crippen LogP contribution in [-0.4, -0.2) is 37.2 Å². The van der Waals surface area contributed by atoms with Gasteiger partial charge in [0.1, 0.15) is 13.2 Å². The van der Waals surface area contributed by atoms with Crippen LogP contribution in [0.4, 0.5) is 0 Å². The van der Waals surface area contributed by atoms with Crippen LogP contribution in [0.25, 0.3) is 0 Å². The second-order valence-electron chi connectivity index (χ2n) is 20.6. The first-order chi connectivity index (χ1) is 37.5. The Bertz CT molecular complexity index is 1590. The molecule has 0 aliphatic heterocycles. The fourth-order valence-electron chi connectivity index (χ4n) is 8.45. The van der Waals surface area contributed by atoms with Crippen LogP contribution in [0.15, 0.2) is 122 Å². The molecule has 0 aromatic carbocycles. The first-order valence-corrected chi connectivity index (χ1v) is 31.5. The Labute approximate surface area is 469 Å². The van der Waals surface area contributed by atoms with Gasteiger partial charge in [0.25, 0.3) is 0 Å². The van der Waals surface area contributed by atoms with Gasteiger partial charge in [0.05, 0.1) is 0 Å². The fraction of sp³-hybridized carbons (Fsp3) is 0.671. The van der Waals surface area contributed by atoms with Crippen molar-refractivity contribution in [1.82, 2.24) is 0 Å². The Morgan fingerprint density at radius 1 is 0.276 bits per heavy atom. The van der Waals surface area contributed by atoms with Gasteiger partial charge in [0, 0.05) is 19.3 Å². The first-order valence-electron chi connectivity index (χ1n) is 31.5. The minimum Gasteiger partial charge on any atom is -0.462 e. The smallest absolute Gasteiger partial charge is 0.306 e. The first kappa shape index (κ1) is 71.8. The fourth-order valence-corrected chi connectivity index (χ4v) is 8.45. The Morgan fingerprint density at radius 3 is 0.842 bits per heavy atom. The lowest BCUT2D eigenvalue weighted by atomic mass is 10.1. The largest absolute Gasteiger partial charge is 0.462 e. The molecule has 1 atom stereocenters. The molecule has 1 unspecified atom stereocenters. The number of unbranched alkanes of at least 4 members (excludes halogenated alkanes) is 25. The van der Waals surface area contributed by atoms with Crippen molar-refractivity contribution < 1.29 is 28.6 Å². The number of carbonyl (C=O) groups is 3. The van der Waals surface area contributed by atoms with Gasteiger partial charge in [0.15, 0.2) is 6.10 Å². The Kier molecular flexibility index (Phi) is 59.9. The second kappa shape index (κ2) is 63.3. The van der Waals surface area contributed by atoms with Crippen molar-refractivity contribution in [3.63, 3.8) is 0 Å². The maximum absolute atomic E-state index is 12.8. The molecule has 76 heavy (non-hydrogen) atoms. The minimum atomic E-state index is -0.791. The molecule has 6 heteroatoms. The van der Waals surface area contributed by atoms with Crippen LogP contribution < -0.4 is 0 Å². The highest BCUT2D eigenvalue weighted by atomic mass is 16.6. The summed E-state index contributed by atoms with van der Waals surface area (Å²) in [6, 6.07) is 0. The molecule has 6 nitrogen and oxygen atoms in total. The van der Waals surface area contributed by atoms with Crippen LogP contribution in [0.3, 0.4) is 0 Å². The molecular formula is C70H116O6. The van der Waals surface area contributed by atoms with Crippen molar-refractivity contribution in [2.45, 2.75) is 290 Å². The van der Waals surface area contributed by atoms with E-state index in [2.05, 4.69) is 142 Å². The summed E-state index contributed by atoms with van der Waals surface area (Å²) in [6.07, 6.45) is 87.8. The van der Waals surface area contributed by atoms with Gasteiger partial charge in [-0.2, -0.15) is 0 Å². The quantitative estimate of drug-likeness (QED) is 0.0261. The normalized spacial score (nSPS) is 12.9. The summed E-state index contributed by atoms with van der Waals surface area (Å²) in [7, 11) is 0. The molecule has 0 saturated carbocycles. The monoisotopic (exact) mass is 1050 g/mol. The van der Waals surface area contributed by atoms with Crippen molar-refractivity contribution in [3.05, 3.63) is 122 Å². The third-order valence-electron chi connectivity index (χ3n) is 13.2. The lowest BCUT2D eigenvalue weighted by Gasteiger charge is -2.18. The maximum Gasteiger partial charge on any atom is 0.306 e. The number of allylic oxidation sites excluding steroid dienone is 20. The van der Waals surface area contributed by atoms with E-state index in [0.29, 0.717) is 19.3 Å². The van der Waals surface area contributed by atoms with Gasteiger partial charge < -0.3 is 14.2 Å². The van der Waals surface area contributed by atoms with Crippen molar-refractivity contribution >= 4 is 17.9 Å². The van der Waals surface area contributed by atoms with E-state index in [9.17, 15) is 14.4 Å². The van der Waals surface area contributed by atoms with Gasteiger partial charge in [0.2, 0.25) is 0 Å². The number of esters is 3. The van der Waals surface area contributed by atoms with E-state index in [1.165, 1.54) is 109 Å². The highest BCUT2D eigenvalue weighted by molar-refractivity contribution is 5.71. The van der Waals surface area contributed by atoms with E-state index >= 15 is 0 Å². The van der Waals surface area contributed by atoms with E-state index in [0.717, 1.165) is 135 Å². The van der Waals surface area contributed by atoms with E-state index in [-0.39, 0.29) is 31.1 Å². The van der Waals surface area contributed by atoms with Crippen LogP contribution in [0.1, 0.15) is 284 Å². The number of carbonyl (C=O) groups excluding carboxylic acids is 3. The average Bonchev–Trinajstić information content (AvgIpc) is 3.42. The second-order valence-corrected chi connectivity index (χ2v) is 20.6. The summed E-state index contributed by atoms with van der Waals surface area (Å²) in [6.45, 7) is 6.47. The molecule has 0 saturated heterocycles. The van der Waals surface area contributed by atoms with E-state index in [1.54, 1.807) is 0 Å². The molecule has 0 fully saturated rings. The van der Waals surface area contributed by atoms with Crippen LogP contribution in [0, 0.1) is 0 Å². The molecule has 0 aromatic heterocycles. The van der Waals surface area contributed by atoms with Gasteiger partial charge >= 0.3 is 17.9 Å². The van der Waals surface area contributed by atoms with E-state index < -0.39 is 6.10 Å². The zero-order valence-corrected chi connectivity index (χ0v) is 49.5. The standard InChI is InChI=1S/C70H116O6/c1-4-7-10-13-16-19-22-25-26-27-28-29-30-31-32-33-34-35-36-37-38-39-40-41-42-43-44-46-48-51-54-57-60-63-69(72)75-66-67(65-74-68(71)62-59-56-53-50-47-24-21-18-15-12-9-6-3)76-70(73)64-61-58-55-52-49-45-23-20-17-14-11-8-5-2/h7,10,16,18-21,23,25-26,28-29,31-32,34-35,37-38,40-41,67H,4-6,8-9,11-15,17,22,24,27,30,33,36,39,42-66H2,1-3H3/b10-7-,19-16-,21-18-,23-20-,26-25-,29-28-,32-31-,35-34-,38-37-,41-40-. The number of hydrogen-bond acceptors (Lipinski definition) is 6. The van der Waals surface area contributed by atoms with Crippen LogP contribution in [0.2, 0.25) is 0 Å². The maximum atomic E-state index is 12.8. The van der Waals surface area contributed by atoms with E-state index in [1.807, 2.05) is 0 Å². The van der Waals surface area contributed by atoms with Crippen LogP contribution in [0.5, 0.6) is 0 Å². The topological polar surface area (TPSA) is 78.9 Å². The lowest BCUT2D eigenvalue weighted by Crippen LogP contribution is -2.30. The molecule has 0 amide bonds. The predicted molar refractivity (Wildman–Crippen MR) is 330 cm³/mol. The Morgan fingerprint density at radius 2 is 0.513 bits per heavy atom. The van der Waals surface area contributed by atoms with Gasteiger partial charge in [-0.15, -0.1) is 0 Å². The molecule has 0 aromatic rings. The molecule has 0 bridgehead atoms. The minimum absolute atomic E-state index is 0.0888. The average molecular weight is 1050 g/mol. The van der Waals surface area contributed by atoms with Gasteiger partial charge in [-0.25, -0.2) is 0 Å². The molecule has 0 rings (SSSR count). The molecule has 0 heterocycles. The van der Waals surface area contributed by atoms with Crippen molar-refractivity contribution in [1.29, 1.82) is 0 Å². The summed E-state index contributed by atoms with van der Waals surface area (Å²) in [5.74, 6) is -0.913.